The molecule has 26 heavy (non-hydrogen) atoms. The molecule has 2 aromatic carbocycles. The Hall–Kier alpha value is -1.89. The van der Waals surface area contributed by atoms with E-state index in [9.17, 15) is 13.2 Å². The van der Waals surface area contributed by atoms with E-state index in [0.717, 1.165) is 11.1 Å². The molecule has 1 amide bonds. The van der Waals surface area contributed by atoms with E-state index >= 15 is 0 Å². The van der Waals surface area contributed by atoms with Crippen molar-refractivity contribution in [3.8, 4) is 0 Å². The van der Waals surface area contributed by atoms with Crippen LogP contribution in [0.1, 0.15) is 28.7 Å². The van der Waals surface area contributed by atoms with Gasteiger partial charge in [-0.2, -0.15) is 0 Å². The largest absolute Gasteiger partial charge is 0.352 e. The number of benzene rings is 2. The minimum atomic E-state index is -3.68. The minimum absolute atomic E-state index is 0.0305. The summed E-state index contributed by atoms with van der Waals surface area (Å²) in [5.74, 6) is -0.211. The van der Waals surface area contributed by atoms with Crippen molar-refractivity contribution >= 4 is 27.5 Å². The Kier molecular flexibility index (Phi) is 6.81. The second-order valence-electron chi connectivity index (χ2n) is 6.28. The fourth-order valence-corrected chi connectivity index (χ4v) is 3.75. The zero-order valence-corrected chi connectivity index (χ0v) is 16.7. The molecule has 0 radical (unpaired) electrons. The van der Waals surface area contributed by atoms with E-state index in [2.05, 4.69) is 10.0 Å². The molecule has 140 valence electrons. The summed E-state index contributed by atoms with van der Waals surface area (Å²) in [6.07, 6.45) is 0.0661. The maximum absolute atomic E-state index is 12.4. The van der Waals surface area contributed by atoms with Crippen LogP contribution in [0.5, 0.6) is 0 Å². The van der Waals surface area contributed by atoms with Crippen LogP contribution >= 0.6 is 11.6 Å². The van der Waals surface area contributed by atoms with Crippen molar-refractivity contribution in [3.63, 3.8) is 0 Å². The summed E-state index contributed by atoms with van der Waals surface area (Å²) in [6, 6.07) is 10.9. The number of sulfonamides is 1. The SMILES string of the molecule is Cc1ccc(CNC(=O)CCNS(=O)(=O)c2cc(C)c(Cl)c(C)c2)cc1. The van der Waals surface area contributed by atoms with E-state index < -0.39 is 10.0 Å². The van der Waals surface area contributed by atoms with Gasteiger partial charge in [0.25, 0.3) is 0 Å². The Morgan fingerprint density at radius 3 is 2.19 bits per heavy atom. The average Bonchev–Trinajstić information content (AvgIpc) is 2.58. The molecule has 0 spiro atoms. The van der Waals surface area contributed by atoms with Crippen molar-refractivity contribution < 1.29 is 13.2 Å². The van der Waals surface area contributed by atoms with Gasteiger partial charge in [-0.25, -0.2) is 13.1 Å². The van der Waals surface area contributed by atoms with Crippen LogP contribution in [0.25, 0.3) is 0 Å². The van der Waals surface area contributed by atoms with Crippen molar-refractivity contribution in [2.45, 2.75) is 38.6 Å². The van der Waals surface area contributed by atoms with Gasteiger partial charge in [-0.1, -0.05) is 41.4 Å². The zero-order valence-electron chi connectivity index (χ0n) is 15.1. The van der Waals surface area contributed by atoms with E-state index in [1.807, 2.05) is 31.2 Å². The second kappa shape index (κ2) is 8.66. The van der Waals surface area contributed by atoms with E-state index in [1.165, 1.54) is 12.1 Å². The molecular weight excluding hydrogens is 372 g/mol. The van der Waals surface area contributed by atoms with Gasteiger partial charge in [0.15, 0.2) is 0 Å². The smallest absolute Gasteiger partial charge is 0.240 e. The Bertz CT molecular complexity index is 870. The van der Waals surface area contributed by atoms with Gasteiger partial charge in [0.1, 0.15) is 0 Å². The van der Waals surface area contributed by atoms with Crippen LogP contribution in [0.15, 0.2) is 41.3 Å². The number of amides is 1. The standard InChI is InChI=1S/C19H23ClN2O3S/c1-13-4-6-16(7-5-13)12-21-18(23)8-9-22-26(24,25)17-10-14(2)19(20)15(3)11-17/h4-7,10-11,22H,8-9,12H2,1-3H3,(H,21,23). The first-order valence-corrected chi connectivity index (χ1v) is 10.1. The third kappa shape index (κ3) is 5.56. The lowest BCUT2D eigenvalue weighted by molar-refractivity contribution is -0.121. The fraction of sp³-hybridized carbons (Fsp3) is 0.316. The second-order valence-corrected chi connectivity index (χ2v) is 8.43. The molecular formula is C19H23ClN2O3S. The molecule has 7 heteroatoms. The molecule has 2 N–H and O–H groups in total. The molecule has 0 saturated heterocycles. The lowest BCUT2D eigenvalue weighted by Gasteiger charge is -2.10. The number of aryl methyl sites for hydroxylation is 3. The number of carbonyl (C=O) groups excluding carboxylic acids is 1. The van der Waals surface area contributed by atoms with Crippen LogP contribution in [0, 0.1) is 20.8 Å². The van der Waals surface area contributed by atoms with Crippen LogP contribution in [-0.2, 0) is 21.4 Å². The van der Waals surface area contributed by atoms with Gasteiger partial charge in [-0.15, -0.1) is 0 Å². The molecule has 0 aliphatic heterocycles. The summed E-state index contributed by atoms with van der Waals surface area (Å²) in [5, 5.41) is 3.33. The van der Waals surface area contributed by atoms with Gasteiger partial charge in [0.05, 0.1) is 4.90 Å². The van der Waals surface area contributed by atoms with Crippen LogP contribution in [0.2, 0.25) is 5.02 Å². The van der Waals surface area contributed by atoms with Gasteiger partial charge < -0.3 is 5.32 Å². The predicted octanol–water partition coefficient (Wildman–Crippen LogP) is 3.25. The average molecular weight is 395 g/mol. The summed E-state index contributed by atoms with van der Waals surface area (Å²) in [7, 11) is -3.68. The third-order valence-electron chi connectivity index (χ3n) is 3.97. The summed E-state index contributed by atoms with van der Waals surface area (Å²) in [5.41, 5.74) is 3.55. The Balaban J connectivity index is 1.86. The van der Waals surface area contributed by atoms with Crippen molar-refractivity contribution in [1.82, 2.24) is 10.0 Å². The number of rotatable bonds is 7. The Labute approximate surface area is 159 Å². The summed E-state index contributed by atoms with van der Waals surface area (Å²) >= 11 is 6.07. The molecule has 0 fully saturated rings. The van der Waals surface area contributed by atoms with E-state index in [1.54, 1.807) is 13.8 Å². The number of nitrogens with one attached hydrogen (secondary N) is 2. The van der Waals surface area contributed by atoms with Crippen LogP contribution in [-0.4, -0.2) is 20.9 Å². The van der Waals surface area contributed by atoms with E-state index in [0.29, 0.717) is 22.7 Å². The van der Waals surface area contributed by atoms with Gasteiger partial charge in [-0.05, 0) is 49.6 Å². The van der Waals surface area contributed by atoms with Crippen LogP contribution in [0.3, 0.4) is 0 Å². The summed E-state index contributed by atoms with van der Waals surface area (Å²) in [4.78, 5) is 12.0. The summed E-state index contributed by atoms with van der Waals surface area (Å²) in [6.45, 7) is 5.96. The van der Waals surface area contributed by atoms with Gasteiger partial charge in [0.2, 0.25) is 15.9 Å². The van der Waals surface area contributed by atoms with Crippen molar-refractivity contribution in [1.29, 1.82) is 0 Å². The highest BCUT2D eigenvalue weighted by Crippen LogP contribution is 2.24. The third-order valence-corrected chi connectivity index (χ3v) is 6.01. The molecule has 2 aromatic rings. The molecule has 0 saturated carbocycles. The summed E-state index contributed by atoms with van der Waals surface area (Å²) < 4.78 is 27.2. The predicted molar refractivity (Wildman–Crippen MR) is 104 cm³/mol. The lowest BCUT2D eigenvalue weighted by Crippen LogP contribution is -2.30. The fourth-order valence-electron chi connectivity index (χ4n) is 2.44. The highest BCUT2D eigenvalue weighted by atomic mass is 35.5. The van der Waals surface area contributed by atoms with Crippen molar-refractivity contribution in [2.24, 2.45) is 0 Å². The number of carbonyl (C=O) groups is 1. The maximum Gasteiger partial charge on any atom is 0.240 e. The monoisotopic (exact) mass is 394 g/mol. The molecule has 0 heterocycles. The molecule has 0 unspecified atom stereocenters. The first kappa shape index (κ1) is 20.4. The molecule has 0 aromatic heterocycles. The normalized spacial score (nSPS) is 11.4. The Morgan fingerprint density at radius 1 is 1.04 bits per heavy atom. The first-order valence-electron chi connectivity index (χ1n) is 8.27. The van der Waals surface area contributed by atoms with Crippen LogP contribution < -0.4 is 10.0 Å². The topological polar surface area (TPSA) is 75.3 Å². The lowest BCUT2D eigenvalue weighted by atomic mass is 10.1. The van der Waals surface area contributed by atoms with E-state index in [4.69, 9.17) is 11.6 Å². The van der Waals surface area contributed by atoms with Crippen LogP contribution in [0.4, 0.5) is 0 Å². The highest BCUT2D eigenvalue weighted by molar-refractivity contribution is 7.89. The zero-order chi connectivity index (χ0) is 19.3. The van der Waals surface area contributed by atoms with Crippen molar-refractivity contribution in [2.75, 3.05) is 6.54 Å². The van der Waals surface area contributed by atoms with Gasteiger partial charge >= 0.3 is 0 Å². The first-order chi connectivity index (χ1) is 12.2. The molecule has 0 bridgehead atoms. The molecule has 0 atom stereocenters. The molecule has 5 nitrogen and oxygen atoms in total. The maximum atomic E-state index is 12.4. The quantitative estimate of drug-likeness (QED) is 0.756. The molecule has 0 aliphatic carbocycles. The number of hydrogen-bond acceptors (Lipinski definition) is 3. The minimum Gasteiger partial charge on any atom is -0.352 e. The number of hydrogen-bond donors (Lipinski definition) is 2. The highest BCUT2D eigenvalue weighted by Gasteiger charge is 2.16. The van der Waals surface area contributed by atoms with Gasteiger partial charge in [-0.3, -0.25) is 4.79 Å². The van der Waals surface area contributed by atoms with Crippen molar-refractivity contribution in [3.05, 3.63) is 63.7 Å². The number of halogens is 1. The van der Waals surface area contributed by atoms with E-state index in [-0.39, 0.29) is 23.8 Å². The molecule has 0 aliphatic rings. The van der Waals surface area contributed by atoms with Gasteiger partial charge in [0, 0.05) is 24.5 Å². The molecule has 2 rings (SSSR count). The Morgan fingerprint density at radius 2 is 1.62 bits per heavy atom.